The van der Waals surface area contributed by atoms with Gasteiger partial charge in [0.25, 0.3) is 0 Å². The van der Waals surface area contributed by atoms with Crippen LogP contribution in [0.2, 0.25) is 10.0 Å². The first-order valence-electron chi connectivity index (χ1n) is 6.59. The van der Waals surface area contributed by atoms with E-state index >= 15 is 0 Å². The van der Waals surface area contributed by atoms with Gasteiger partial charge < -0.3 is 10.1 Å². The average Bonchev–Trinajstić information content (AvgIpc) is 2.46. The van der Waals surface area contributed by atoms with Gasteiger partial charge in [0.05, 0.1) is 12.3 Å². The number of nitrogens with one attached hydrogen (secondary N) is 1. The molecule has 0 spiro atoms. The van der Waals surface area contributed by atoms with Gasteiger partial charge in [-0.15, -0.1) is 0 Å². The van der Waals surface area contributed by atoms with Crippen molar-refractivity contribution in [3.63, 3.8) is 0 Å². The number of hydrogen-bond acceptors (Lipinski definition) is 2. The van der Waals surface area contributed by atoms with Crippen LogP contribution in [0.25, 0.3) is 0 Å². The molecule has 0 amide bonds. The highest BCUT2D eigenvalue weighted by Gasteiger charge is 2.04. The van der Waals surface area contributed by atoms with Crippen molar-refractivity contribution in [2.24, 2.45) is 0 Å². The van der Waals surface area contributed by atoms with Crippen LogP contribution < -0.4 is 10.1 Å². The summed E-state index contributed by atoms with van der Waals surface area (Å²) in [4.78, 5) is 0. The highest BCUT2D eigenvalue weighted by Crippen LogP contribution is 2.28. The van der Waals surface area contributed by atoms with Crippen LogP contribution in [0.5, 0.6) is 5.75 Å². The summed E-state index contributed by atoms with van der Waals surface area (Å²) in [7, 11) is 0. The van der Waals surface area contributed by atoms with Gasteiger partial charge >= 0.3 is 0 Å². The minimum atomic E-state index is 0.687. The first-order chi connectivity index (χ1) is 9.69. The van der Waals surface area contributed by atoms with E-state index in [0.29, 0.717) is 18.2 Å². The summed E-state index contributed by atoms with van der Waals surface area (Å²) in [6.45, 7) is 3.47. The van der Waals surface area contributed by atoms with E-state index in [1.165, 1.54) is 0 Å². The maximum atomic E-state index is 6.04. The molecule has 2 rings (SSSR count). The molecule has 106 valence electrons. The molecule has 2 aromatic rings. The van der Waals surface area contributed by atoms with Crippen LogP contribution >= 0.6 is 23.2 Å². The number of anilines is 1. The van der Waals surface area contributed by atoms with Crippen LogP contribution in [-0.2, 0) is 6.54 Å². The van der Waals surface area contributed by atoms with E-state index in [0.717, 1.165) is 28.4 Å². The lowest BCUT2D eigenvalue weighted by Crippen LogP contribution is -2.03. The molecular weight excluding hydrogens is 293 g/mol. The Bertz CT molecular complexity index is 555. The Kier molecular flexibility index (Phi) is 5.57. The van der Waals surface area contributed by atoms with Gasteiger partial charge in [0.2, 0.25) is 0 Å². The predicted octanol–water partition coefficient (Wildman–Crippen LogP) is 5.39. The largest absolute Gasteiger partial charge is 0.491 e. The molecule has 4 heteroatoms. The summed E-state index contributed by atoms with van der Waals surface area (Å²) in [6.07, 6.45) is 0.971. The van der Waals surface area contributed by atoms with Gasteiger partial charge in [-0.2, -0.15) is 0 Å². The molecule has 0 aromatic heterocycles. The van der Waals surface area contributed by atoms with Crippen LogP contribution in [0, 0.1) is 0 Å². The Morgan fingerprint density at radius 3 is 2.40 bits per heavy atom. The number of hydrogen-bond donors (Lipinski definition) is 1. The fourth-order valence-electron chi connectivity index (χ4n) is 1.78. The Morgan fingerprint density at radius 2 is 1.70 bits per heavy atom. The molecule has 0 aliphatic rings. The Morgan fingerprint density at radius 1 is 1.00 bits per heavy atom. The number of benzene rings is 2. The molecule has 0 radical (unpaired) electrons. The second kappa shape index (κ2) is 7.41. The van der Waals surface area contributed by atoms with Crippen molar-refractivity contribution in [1.82, 2.24) is 0 Å². The minimum Gasteiger partial charge on any atom is -0.491 e. The van der Waals surface area contributed by atoms with Crippen molar-refractivity contribution in [2.45, 2.75) is 19.9 Å². The highest BCUT2D eigenvalue weighted by atomic mass is 35.5. The number of halogens is 2. The van der Waals surface area contributed by atoms with Crippen LogP contribution in [0.3, 0.4) is 0 Å². The highest BCUT2D eigenvalue weighted by molar-refractivity contribution is 6.31. The van der Waals surface area contributed by atoms with Crippen LogP contribution in [0.4, 0.5) is 5.69 Å². The summed E-state index contributed by atoms with van der Waals surface area (Å²) in [5.74, 6) is 0.824. The minimum absolute atomic E-state index is 0.687. The molecule has 2 aromatic carbocycles. The fraction of sp³-hybridized carbons (Fsp3) is 0.250. The van der Waals surface area contributed by atoms with E-state index in [1.807, 2.05) is 42.5 Å². The molecule has 20 heavy (non-hydrogen) atoms. The standard InChI is InChI=1S/C16H17Cl2NO/c1-2-9-20-16-8-7-14(18)10-15(16)19-11-12-3-5-13(17)6-4-12/h3-8,10,19H,2,9,11H2,1H3. The molecule has 0 saturated heterocycles. The van der Waals surface area contributed by atoms with Crippen LogP contribution in [0.15, 0.2) is 42.5 Å². The van der Waals surface area contributed by atoms with Crippen molar-refractivity contribution in [2.75, 3.05) is 11.9 Å². The quantitative estimate of drug-likeness (QED) is 0.772. The first kappa shape index (κ1) is 15.0. The van der Waals surface area contributed by atoms with E-state index < -0.39 is 0 Å². The van der Waals surface area contributed by atoms with Crippen LogP contribution in [-0.4, -0.2) is 6.61 Å². The van der Waals surface area contributed by atoms with Gasteiger partial charge in [-0.05, 0) is 42.3 Å². The molecule has 0 atom stereocenters. The molecule has 0 aliphatic carbocycles. The van der Waals surface area contributed by atoms with E-state index in [1.54, 1.807) is 0 Å². The molecule has 0 bridgehead atoms. The van der Waals surface area contributed by atoms with Gasteiger partial charge in [-0.3, -0.25) is 0 Å². The summed E-state index contributed by atoms with van der Waals surface area (Å²) in [5.41, 5.74) is 2.05. The Labute approximate surface area is 129 Å². The van der Waals surface area contributed by atoms with Gasteiger partial charge in [0, 0.05) is 16.6 Å². The van der Waals surface area contributed by atoms with E-state index in [-0.39, 0.29) is 0 Å². The molecule has 2 nitrogen and oxygen atoms in total. The lowest BCUT2D eigenvalue weighted by atomic mass is 10.2. The summed E-state index contributed by atoms with van der Waals surface area (Å²) < 4.78 is 5.71. The topological polar surface area (TPSA) is 21.3 Å². The molecule has 0 fully saturated rings. The molecule has 0 unspecified atom stereocenters. The van der Waals surface area contributed by atoms with E-state index in [4.69, 9.17) is 27.9 Å². The third kappa shape index (κ3) is 4.32. The normalized spacial score (nSPS) is 10.3. The second-order valence-corrected chi connectivity index (χ2v) is 5.34. The van der Waals surface area contributed by atoms with Crippen molar-refractivity contribution in [1.29, 1.82) is 0 Å². The molecule has 1 N–H and O–H groups in total. The Hall–Kier alpha value is -1.38. The van der Waals surface area contributed by atoms with Gasteiger partial charge in [0.15, 0.2) is 0 Å². The van der Waals surface area contributed by atoms with Gasteiger partial charge in [-0.25, -0.2) is 0 Å². The maximum Gasteiger partial charge on any atom is 0.142 e. The summed E-state index contributed by atoms with van der Waals surface area (Å²) in [6, 6.07) is 13.3. The third-order valence-electron chi connectivity index (χ3n) is 2.80. The maximum absolute atomic E-state index is 6.04. The van der Waals surface area contributed by atoms with Crippen molar-refractivity contribution in [3.8, 4) is 5.75 Å². The molecular formula is C16H17Cl2NO. The second-order valence-electron chi connectivity index (χ2n) is 4.47. The zero-order valence-electron chi connectivity index (χ0n) is 11.3. The molecule has 0 heterocycles. The smallest absolute Gasteiger partial charge is 0.142 e. The Balaban J connectivity index is 2.07. The van der Waals surface area contributed by atoms with Gasteiger partial charge in [-0.1, -0.05) is 42.3 Å². The van der Waals surface area contributed by atoms with Crippen LogP contribution in [0.1, 0.15) is 18.9 Å². The van der Waals surface area contributed by atoms with Crippen molar-refractivity contribution < 1.29 is 4.74 Å². The lowest BCUT2D eigenvalue weighted by molar-refractivity contribution is 0.319. The monoisotopic (exact) mass is 309 g/mol. The lowest BCUT2D eigenvalue weighted by Gasteiger charge is -2.13. The fourth-order valence-corrected chi connectivity index (χ4v) is 2.08. The third-order valence-corrected chi connectivity index (χ3v) is 3.29. The zero-order valence-corrected chi connectivity index (χ0v) is 12.8. The summed E-state index contributed by atoms with van der Waals surface area (Å²) in [5, 5.41) is 4.77. The van der Waals surface area contributed by atoms with Gasteiger partial charge in [0.1, 0.15) is 5.75 Å². The zero-order chi connectivity index (χ0) is 14.4. The predicted molar refractivity (Wildman–Crippen MR) is 86.0 cm³/mol. The summed E-state index contributed by atoms with van der Waals surface area (Å²) >= 11 is 11.9. The number of rotatable bonds is 6. The number of ether oxygens (including phenoxy) is 1. The van der Waals surface area contributed by atoms with E-state index in [2.05, 4.69) is 12.2 Å². The first-order valence-corrected chi connectivity index (χ1v) is 7.35. The van der Waals surface area contributed by atoms with E-state index in [9.17, 15) is 0 Å². The molecule has 0 saturated carbocycles. The molecule has 0 aliphatic heterocycles. The SMILES string of the molecule is CCCOc1ccc(Cl)cc1NCc1ccc(Cl)cc1. The van der Waals surface area contributed by atoms with Crippen molar-refractivity contribution in [3.05, 3.63) is 58.1 Å². The average molecular weight is 310 g/mol. The van der Waals surface area contributed by atoms with Crippen molar-refractivity contribution >= 4 is 28.9 Å².